The third kappa shape index (κ3) is 3.83. The fourth-order valence-electron chi connectivity index (χ4n) is 3.90. The molecular weight excluding hydrogens is 396 g/mol. The summed E-state index contributed by atoms with van der Waals surface area (Å²) in [5.74, 6) is -0.0679. The van der Waals surface area contributed by atoms with Crippen LogP contribution in [0.4, 0.5) is 5.69 Å². The van der Waals surface area contributed by atoms with Gasteiger partial charge in [0.05, 0.1) is 16.6 Å². The topological polar surface area (TPSA) is 57.7 Å². The summed E-state index contributed by atoms with van der Waals surface area (Å²) < 4.78 is 27.1. The number of carbonyl (C=O) groups excluding carboxylic acids is 1. The van der Waals surface area contributed by atoms with Crippen LogP contribution in [0.15, 0.2) is 89.8 Å². The molecule has 1 fully saturated rings. The predicted octanol–water partition coefficient (Wildman–Crippen LogP) is 4.49. The Balaban J connectivity index is 1.55. The molecule has 1 heterocycles. The van der Waals surface area contributed by atoms with Gasteiger partial charge in [0, 0.05) is 19.2 Å². The molecule has 0 saturated carbocycles. The average molecular weight is 421 g/mol. The van der Waals surface area contributed by atoms with Gasteiger partial charge in [0.1, 0.15) is 0 Å². The largest absolute Gasteiger partial charge is 0.332 e. The summed E-state index contributed by atoms with van der Waals surface area (Å²) in [6, 6.07) is 25.2. The molecule has 1 unspecified atom stereocenters. The molecule has 1 aliphatic heterocycles. The van der Waals surface area contributed by atoms with Gasteiger partial charge in [-0.25, -0.2) is 8.42 Å². The molecule has 154 valence electrons. The number of nitrogens with zero attached hydrogens (tertiary/aromatic N) is 2. The van der Waals surface area contributed by atoms with Crippen LogP contribution in [0.25, 0.3) is 0 Å². The van der Waals surface area contributed by atoms with Crippen molar-refractivity contribution >= 4 is 21.6 Å². The lowest BCUT2D eigenvalue weighted by atomic mass is 10.0. The van der Waals surface area contributed by atoms with Gasteiger partial charge in [0.15, 0.2) is 0 Å². The highest BCUT2D eigenvalue weighted by molar-refractivity contribution is 7.92. The number of benzene rings is 3. The van der Waals surface area contributed by atoms with Crippen LogP contribution in [0.3, 0.4) is 0 Å². The maximum Gasteiger partial charge on any atom is 0.264 e. The maximum atomic E-state index is 13.1. The first-order valence-corrected chi connectivity index (χ1v) is 11.4. The first-order chi connectivity index (χ1) is 14.5. The van der Waals surface area contributed by atoms with Gasteiger partial charge in [0.25, 0.3) is 15.9 Å². The van der Waals surface area contributed by atoms with Crippen LogP contribution in [0.1, 0.15) is 34.8 Å². The normalized spacial score (nSPS) is 16.4. The monoisotopic (exact) mass is 420 g/mol. The minimum Gasteiger partial charge on any atom is -0.332 e. The molecule has 0 radical (unpaired) electrons. The summed E-state index contributed by atoms with van der Waals surface area (Å²) in [5, 5.41) is 0. The smallest absolute Gasteiger partial charge is 0.264 e. The molecule has 1 atom stereocenters. The molecule has 1 aliphatic rings. The van der Waals surface area contributed by atoms with Crippen molar-refractivity contribution in [2.45, 2.75) is 23.8 Å². The molecule has 3 aromatic rings. The molecule has 6 heteroatoms. The number of para-hydroxylation sites is 1. The third-order valence-electron chi connectivity index (χ3n) is 5.58. The van der Waals surface area contributed by atoms with Crippen LogP contribution in [0.2, 0.25) is 0 Å². The molecule has 1 saturated heterocycles. The average Bonchev–Trinajstić information content (AvgIpc) is 3.29. The summed E-state index contributed by atoms with van der Waals surface area (Å²) in [7, 11) is -2.17. The molecule has 4 rings (SSSR count). The van der Waals surface area contributed by atoms with Gasteiger partial charge in [-0.3, -0.25) is 9.10 Å². The van der Waals surface area contributed by atoms with E-state index in [9.17, 15) is 13.2 Å². The number of rotatable bonds is 5. The van der Waals surface area contributed by atoms with E-state index < -0.39 is 10.0 Å². The van der Waals surface area contributed by atoms with Crippen molar-refractivity contribution in [3.8, 4) is 0 Å². The lowest BCUT2D eigenvalue weighted by Gasteiger charge is -2.25. The second kappa shape index (κ2) is 8.32. The number of hydrogen-bond donors (Lipinski definition) is 0. The molecule has 0 N–H and O–H groups in total. The lowest BCUT2D eigenvalue weighted by molar-refractivity contribution is 0.0735. The van der Waals surface area contributed by atoms with E-state index in [1.165, 1.54) is 23.5 Å². The number of carbonyl (C=O) groups is 1. The molecule has 3 aromatic carbocycles. The first-order valence-electron chi connectivity index (χ1n) is 9.98. The molecule has 0 aromatic heterocycles. The van der Waals surface area contributed by atoms with Crippen LogP contribution >= 0.6 is 0 Å². The maximum absolute atomic E-state index is 13.1. The van der Waals surface area contributed by atoms with Crippen molar-refractivity contribution < 1.29 is 13.2 Å². The SMILES string of the molecule is CN(c1ccccc1)S(=O)(=O)c1ccc(C(=O)N2CCCC2c2ccccc2)cc1. The van der Waals surface area contributed by atoms with E-state index in [4.69, 9.17) is 0 Å². The summed E-state index contributed by atoms with van der Waals surface area (Å²) in [4.78, 5) is 15.2. The summed E-state index contributed by atoms with van der Waals surface area (Å²) in [6.07, 6.45) is 1.89. The third-order valence-corrected chi connectivity index (χ3v) is 7.38. The number of likely N-dealkylation sites (tertiary alicyclic amines) is 1. The van der Waals surface area contributed by atoms with Gasteiger partial charge >= 0.3 is 0 Å². The number of anilines is 1. The highest BCUT2D eigenvalue weighted by Gasteiger charge is 2.30. The van der Waals surface area contributed by atoms with Crippen LogP contribution < -0.4 is 4.31 Å². The van der Waals surface area contributed by atoms with Gasteiger partial charge in [-0.2, -0.15) is 0 Å². The van der Waals surface area contributed by atoms with E-state index in [2.05, 4.69) is 0 Å². The van der Waals surface area contributed by atoms with Crippen LogP contribution in [-0.4, -0.2) is 32.8 Å². The van der Waals surface area contributed by atoms with E-state index in [1.54, 1.807) is 36.4 Å². The standard InChI is InChI=1S/C24H24N2O3S/c1-25(21-11-6-3-7-12-21)30(28,29)22-16-14-20(15-17-22)24(27)26-18-8-13-23(26)19-9-4-2-5-10-19/h2-7,9-12,14-17,23H,8,13,18H2,1H3. The van der Waals surface area contributed by atoms with Gasteiger partial charge in [-0.15, -0.1) is 0 Å². The van der Waals surface area contributed by atoms with Crippen molar-refractivity contribution in [1.29, 1.82) is 0 Å². The van der Waals surface area contributed by atoms with E-state index in [1.807, 2.05) is 41.3 Å². The molecule has 0 bridgehead atoms. The fourth-order valence-corrected chi connectivity index (χ4v) is 5.10. The minimum atomic E-state index is -3.70. The minimum absolute atomic E-state index is 0.0614. The van der Waals surface area contributed by atoms with E-state index >= 15 is 0 Å². The number of sulfonamides is 1. The van der Waals surface area contributed by atoms with Gasteiger partial charge in [-0.1, -0.05) is 48.5 Å². The van der Waals surface area contributed by atoms with Gasteiger partial charge in [-0.05, 0) is 54.8 Å². The molecule has 5 nitrogen and oxygen atoms in total. The molecule has 0 spiro atoms. The Bertz CT molecular complexity index is 1110. The summed E-state index contributed by atoms with van der Waals surface area (Å²) in [5.41, 5.74) is 2.21. The Labute approximate surface area is 177 Å². The quantitative estimate of drug-likeness (QED) is 0.611. The van der Waals surface area contributed by atoms with Crippen molar-refractivity contribution in [3.63, 3.8) is 0 Å². The van der Waals surface area contributed by atoms with Gasteiger partial charge < -0.3 is 4.90 Å². The Hall–Kier alpha value is -3.12. The van der Waals surface area contributed by atoms with Crippen molar-refractivity contribution in [3.05, 3.63) is 96.1 Å². The van der Waals surface area contributed by atoms with E-state index in [0.717, 1.165) is 18.4 Å². The Morgan fingerprint density at radius 3 is 2.13 bits per heavy atom. The molecule has 30 heavy (non-hydrogen) atoms. The highest BCUT2D eigenvalue weighted by atomic mass is 32.2. The van der Waals surface area contributed by atoms with Crippen molar-refractivity contribution in [2.24, 2.45) is 0 Å². The summed E-state index contributed by atoms with van der Waals surface area (Å²) in [6.45, 7) is 0.704. The van der Waals surface area contributed by atoms with E-state index in [0.29, 0.717) is 17.8 Å². The molecule has 0 aliphatic carbocycles. The molecular formula is C24H24N2O3S. The summed E-state index contributed by atoms with van der Waals surface area (Å²) >= 11 is 0. The van der Waals surface area contributed by atoms with Crippen LogP contribution in [0.5, 0.6) is 0 Å². The first kappa shape index (κ1) is 20.2. The zero-order valence-electron chi connectivity index (χ0n) is 16.8. The number of amides is 1. The highest BCUT2D eigenvalue weighted by Crippen LogP contribution is 2.33. The zero-order chi connectivity index (χ0) is 21.1. The van der Waals surface area contributed by atoms with Crippen molar-refractivity contribution in [2.75, 3.05) is 17.9 Å². The van der Waals surface area contributed by atoms with Crippen molar-refractivity contribution in [1.82, 2.24) is 4.90 Å². The number of hydrogen-bond acceptors (Lipinski definition) is 3. The second-order valence-corrected chi connectivity index (χ2v) is 9.37. The zero-order valence-corrected chi connectivity index (χ0v) is 17.6. The Morgan fingerprint density at radius 2 is 1.50 bits per heavy atom. The fraction of sp³-hybridized carbons (Fsp3) is 0.208. The van der Waals surface area contributed by atoms with Gasteiger partial charge in [0.2, 0.25) is 0 Å². The Kier molecular flexibility index (Phi) is 5.59. The van der Waals surface area contributed by atoms with Crippen LogP contribution in [-0.2, 0) is 10.0 Å². The lowest BCUT2D eigenvalue weighted by Crippen LogP contribution is -2.30. The second-order valence-electron chi connectivity index (χ2n) is 7.40. The van der Waals surface area contributed by atoms with E-state index in [-0.39, 0.29) is 16.8 Å². The predicted molar refractivity (Wildman–Crippen MR) is 118 cm³/mol. The van der Waals surface area contributed by atoms with Crippen LogP contribution in [0, 0.1) is 0 Å². The molecule has 1 amide bonds. The Morgan fingerprint density at radius 1 is 0.900 bits per heavy atom.